The molecule has 0 atom stereocenters. The summed E-state index contributed by atoms with van der Waals surface area (Å²) < 4.78 is 0. The summed E-state index contributed by atoms with van der Waals surface area (Å²) in [4.78, 5) is 25.3. The molecule has 0 unspecified atom stereocenters. The number of para-hydroxylation sites is 1. The van der Waals surface area contributed by atoms with E-state index in [0.29, 0.717) is 5.69 Å². The van der Waals surface area contributed by atoms with E-state index < -0.39 is 0 Å². The van der Waals surface area contributed by atoms with Gasteiger partial charge in [-0.05, 0) is 25.6 Å². The second kappa shape index (κ2) is 6.75. The van der Waals surface area contributed by atoms with Crippen molar-refractivity contribution < 1.29 is 4.79 Å². The van der Waals surface area contributed by atoms with Gasteiger partial charge < -0.3 is 15.1 Å². The number of amides is 1. The van der Waals surface area contributed by atoms with Gasteiger partial charge in [-0.25, -0.2) is 9.97 Å². The van der Waals surface area contributed by atoms with E-state index >= 15 is 0 Å². The van der Waals surface area contributed by atoms with E-state index in [2.05, 4.69) is 32.1 Å². The van der Waals surface area contributed by atoms with Crippen LogP contribution in [0, 0.1) is 6.92 Å². The molecule has 0 bridgehead atoms. The van der Waals surface area contributed by atoms with Gasteiger partial charge in [0.1, 0.15) is 17.8 Å². The number of hydrogen-bond acceptors (Lipinski definition) is 5. The summed E-state index contributed by atoms with van der Waals surface area (Å²) in [6.45, 7) is 5.77. The van der Waals surface area contributed by atoms with Crippen LogP contribution in [0.1, 0.15) is 16.1 Å². The average molecular weight is 311 g/mol. The third-order valence-electron chi connectivity index (χ3n) is 4.11. The Morgan fingerprint density at radius 3 is 2.61 bits per heavy atom. The van der Waals surface area contributed by atoms with Crippen molar-refractivity contribution in [2.45, 2.75) is 6.92 Å². The largest absolute Gasteiger partial charge is 0.354 e. The zero-order chi connectivity index (χ0) is 16.2. The number of aryl methyl sites for hydroxylation is 1. The van der Waals surface area contributed by atoms with Gasteiger partial charge in [-0.3, -0.25) is 4.79 Å². The van der Waals surface area contributed by atoms with Gasteiger partial charge in [0.25, 0.3) is 5.91 Å². The van der Waals surface area contributed by atoms with Crippen molar-refractivity contribution in [1.82, 2.24) is 14.9 Å². The molecule has 1 aromatic carbocycles. The van der Waals surface area contributed by atoms with Crippen molar-refractivity contribution in [3.63, 3.8) is 0 Å². The molecule has 1 amide bonds. The van der Waals surface area contributed by atoms with Crippen LogP contribution in [0.15, 0.2) is 36.7 Å². The van der Waals surface area contributed by atoms with E-state index in [1.54, 1.807) is 6.07 Å². The fourth-order valence-corrected chi connectivity index (χ4v) is 2.58. The van der Waals surface area contributed by atoms with Crippen molar-refractivity contribution in [2.24, 2.45) is 0 Å². The number of rotatable bonds is 3. The Kier molecular flexibility index (Phi) is 4.52. The molecular formula is C17H21N5O. The molecule has 1 aromatic heterocycles. The number of likely N-dealkylation sites (N-methyl/N-ethyl adjacent to an activating group) is 1. The Morgan fingerprint density at radius 2 is 1.87 bits per heavy atom. The summed E-state index contributed by atoms with van der Waals surface area (Å²) in [7, 11) is 2.11. The Bertz CT molecular complexity index is 695. The topological polar surface area (TPSA) is 61.4 Å². The summed E-state index contributed by atoms with van der Waals surface area (Å²) >= 11 is 0. The minimum absolute atomic E-state index is 0.211. The lowest BCUT2D eigenvalue weighted by molar-refractivity contribution is 0.102. The first kappa shape index (κ1) is 15.4. The fourth-order valence-electron chi connectivity index (χ4n) is 2.58. The van der Waals surface area contributed by atoms with E-state index in [1.807, 2.05) is 31.2 Å². The number of hydrogen-bond donors (Lipinski definition) is 1. The Labute approximate surface area is 136 Å². The predicted octanol–water partition coefficient (Wildman–Crippen LogP) is 1.79. The number of aromatic nitrogens is 2. The second-order valence-corrected chi connectivity index (χ2v) is 5.82. The Balaban J connectivity index is 1.74. The van der Waals surface area contributed by atoms with Gasteiger partial charge in [0.15, 0.2) is 0 Å². The molecule has 0 saturated carbocycles. The van der Waals surface area contributed by atoms with Crippen molar-refractivity contribution >= 4 is 17.4 Å². The van der Waals surface area contributed by atoms with Crippen molar-refractivity contribution in [1.29, 1.82) is 0 Å². The van der Waals surface area contributed by atoms with Gasteiger partial charge in [0, 0.05) is 37.9 Å². The second-order valence-electron chi connectivity index (χ2n) is 5.82. The molecule has 1 saturated heterocycles. The normalized spacial score (nSPS) is 15.5. The first-order chi connectivity index (χ1) is 11.1. The fraction of sp³-hybridized carbons (Fsp3) is 0.353. The number of carbonyl (C=O) groups is 1. The maximum Gasteiger partial charge on any atom is 0.274 e. The van der Waals surface area contributed by atoms with Gasteiger partial charge >= 0.3 is 0 Å². The quantitative estimate of drug-likeness (QED) is 0.936. The molecule has 3 rings (SSSR count). The Morgan fingerprint density at radius 1 is 1.13 bits per heavy atom. The van der Waals surface area contributed by atoms with Crippen LogP contribution in [0.25, 0.3) is 0 Å². The van der Waals surface area contributed by atoms with Crippen LogP contribution >= 0.6 is 0 Å². The molecule has 0 spiro atoms. The summed E-state index contributed by atoms with van der Waals surface area (Å²) in [5, 5.41) is 2.91. The lowest BCUT2D eigenvalue weighted by Gasteiger charge is -2.33. The van der Waals surface area contributed by atoms with Gasteiger partial charge in [-0.1, -0.05) is 18.2 Å². The van der Waals surface area contributed by atoms with E-state index in [9.17, 15) is 4.79 Å². The van der Waals surface area contributed by atoms with Crippen LogP contribution in [0.3, 0.4) is 0 Å². The molecule has 2 heterocycles. The van der Waals surface area contributed by atoms with Gasteiger partial charge in [-0.2, -0.15) is 0 Å². The van der Waals surface area contributed by atoms with Crippen LogP contribution < -0.4 is 10.2 Å². The number of carbonyl (C=O) groups excluding carboxylic acids is 1. The van der Waals surface area contributed by atoms with Crippen LogP contribution in [0.2, 0.25) is 0 Å². The predicted molar refractivity (Wildman–Crippen MR) is 90.9 cm³/mol. The lowest BCUT2D eigenvalue weighted by atomic mass is 10.2. The van der Waals surface area contributed by atoms with E-state index in [0.717, 1.165) is 43.2 Å². The Hall–Kier alpha value is -2.47. The molecule has 1 aliphatic heterocycles. The standard InChI is InChI=1S/C17H21N5O/c1-13-5-3-4-6-14(13)20-17(23)15-11-16(19-12-18-15)22-9-7-21(2)8-10-22/h3-6,11-12H,7-10H2,1-2H3,(H,20,23). The molecule has 2 aromatic rings. The van der Waals surface area contributed by atoms with Gasteiger partial charge in [-0.15, -0.1) is 0 Å². The molecule has 0 radical (unpaired) electrons. The summed E-state index contributed by atoms with van der Waals surface area (Å²) in [5.74, 6) is 0.597. The number of anilines is 2. The highest BCUT2D eigenvalue weighted by Crippen LogP contribution is 2.16. The number of piperazine rings is 1. The maximum atomic E-state index is 12.4. The van der Waals surface area contributed by atoms with Crippen LogP contribution in [0.5, 0.6) is 0 Å². The van der Waals surface area contributed by atoms with E-state index in [-0.39, 0.29) is 5.91 Å². The highest BCUT2D eigenvalue weighted by atomic mass is 16.1. The minimum atomic E-state index is -0.211. The van der Waals surface area contributed by atoms with E-state index in [4.69, 9.17) is 0 Å². The van der Waals surface area contributed by atoms with E-state index in [1.165, 1.54) is 6.33 Å². The average Bonchev–Trinajstić information content (AvgIpc) is 2.58. The van der Waals surface area contributed by atoms with Crippen LogP contribution in [-0.4, -0.2) is 54.0 Å². The molecule has 0 aliphatic carbocycles. The molecular weight excluding hydrogens is 290 g/mol. The first-order valence-corrected chi connectivity index (χ1v) is 7.76. The van der Waals surface area contributed by atoms with Gasteiger partial charge in [0.2, 0.25) is 0 Å². The van der Waals surface area contributed by atoms with Crippen LogP contribution in [0.4, 0.5) is 11.5 Å². The monoisotopic (exact) mass is 311 g/mol. The van der Waals surface area contributed by atoms with Crippen LogP contribution in [-0.2, 0) is 0 Å². The number of benzene rings is 1. The summed E-state index contributed by atoms with van der Waals surface area (Å²) in [5.41, 5.74) is 2.21. The van der Waals surface area contributed by atoms with Crippen molar-refractivity contribution in [2.75, 3.05) is 43.4 Å². The maximum absolute atomic E-state index is 12.4. The zero-order valence-electron chi connectivity index (χ0n) is 13.5. The zero-order valence-corrected chi connectivity index (χ0v) is 13.5. The summed E-state index contributed by atoms with van der Waals surface area (Å²) in [6.07, 6.45) is 1.46. The first-order valence-electron chi connectivity index (χ1n) is 7.76. The lowest BCUT2D eigenvalue weighted by Crippen LogP contribution is -2.44. The SMILES string of the molecule is Cc1ccccc1NC(=O)c1cc(N2CCN(C)CC2)ncn1. The molecule has 1 fully saturated rings. The molecule has 23 heavy (non-hydrogen) atoms. The summed E-state index contributed by atoms with van der Waals surface area (Å²) in [6, 6.07) is 9.46. The van der Waals surface area contributed by atoms with Gasteiger partial charge in [0.05, 0.1) is 0 Å². The molecule has 6 nitrogen and oxygen atoms in total. The highest BCUT2D eigenvalue weighted by Gasteiger charge is 2.17. The molecule has 6 heteroatoms. The third kappa shape index (κ3) is 3.65. The molecule has 1 N–H and O–H groups in total. The molecule has 1 aliphatic rings. The minimum Gasteiger partial charge on any atom is -0.354 e. The van der Waals surface area contributed by atoms with Crippen molar-refractivity contribution in [3.05, 3.63) is 47.9 Å². The molecule has 120 valence electrons. The number of nitrogens with one attached hydrogen (secondary N) is 1. The highest BCUT2D eigenvalue weighted by molar-refractivity contribution is 6.03. The number of nitrogens with zero attached hydrogens (tertiary/aromatic N) is 4. The van der Waals surface area contributed by atoms with Crippen molar-refractivity contribution in [3.8, 4) is 0 Å². The smallest absolute Gasteiger partial charge is 0.274 e. The third-order valence-corrected chi connectivity index (χ3v) is 4.11.